The van der Waals surface area contributed by atoms with Gasteiger partial charge in [-0.25, -0.2) is 9.37 Å². The van der Waals surface area contributed by atoms with Gasteiger partial charge in [0.25, 0.3) is 5.91 Å². The number of amides is 1. The highest BCUT2D eigenvalue weighted by molar-refractivity contribution is 7.21. The summed E-state index contributed by atoms with van der Waals surface area (Å²) in [5.74, 6) is 0.546. The molecule has 0 aliphatic heterocycles. The predicted octanol–water partition coefficient (Wildman–Crippen LogP) is 5.04. The van der Waals surface area contributed by atoms with E-state index in [9.17, 15) is 9.18 Å². The van der Waals surface area contributed by atoms with E-state index in [2.05, 4.69) is 20.5 Å². The van der Waals surface area contributed by atoms with Crippen LogP contribution in [0, 0.1) is 12.7 Å². The zero-order valence-electron chi connectivity index (χ0n) is 13.5. The number of nitrogens with one attached hydrogen (secondary N) is 2. The van der Waals surface area contributed by atoms with Gasteiger partial charge in [-0.1, -0.05) is 23.7 Å². The highest BCUT2D eigenvalue weighted by Gasteiger charge is 2.18. The van der Waals surface area contributed by atoms with E-state index >= 15 is 0 Å². The van der Waals surface area contributed by atoms with Gasteiger partial charge in [-0.05, 0) is 37.3 Å². The summed E-state index contributed by atoms with van der Waals surface area (Å²) in [4.78, 5) is 17.2. The average Bonchev–Trinajstić information content (AvgIpc) is 3.19. The number of anilines is 1. The summed E-state index contributed by atoms with van der Waals surface area (Å²) >= 11 is 7.46. The maximum atomic E-state index is 13.4. The Kier molecular flexibility index (Phi) is 4.18. The number of carbonyl (C=O) groups excluding carboxylic acids is 1. The van der Waals surface area contributed by atoms with Crippen LogP contribution in [0.4, 0.5) is 10.1 Å². The lowest BCUT2D eigenvalue weighted by Crippen LogP contribution is -2.10. The van der Waals surface area contributed by atoms with Gasteiger partial charge in [0, 0.05) is 21.3 Å². The molecule has 0 unspecified atom stereocenters. The lowest BCUT2D eigenvalue weighted by Gasteiger charge is -2.05. The largest absolute Gasteiger partial charge is 0.321 e. The van der Waals surface area contributed by atoms with Crippen molar-refractivity contribution in [2.45, 2.75) is 6.92 Å². The van der Waals surface area contributed by atoms with Crippen molar-refractivity contribution in [3.05, 3.63) is 64.0 Å². The number of aryl methyl sites for hydroxylation is 1. The van der Waals surface area contributed by atoms with Gasteiger partial charge in [0.2, 0.25) is 0 Å². The van der Waals surface area contributed by atoms with E-state index in [0.717, 1.165) is 16.9 Å². The van der Waals surface area contributed by atoms with Gasteiger partial charge in [-0.15, -0.1) is 11.3 Å². The Balaban J connectivity index is 1.63. The molecular weight excluding hydrogens is 375 g/mol. The second kappa shape index (κ2) is 6.51. The lowest BCUT2D eigenvalue weighted by atomic mass is 10.2. The second-order valence-corrected chi connectivity index (χ2v) is 7.10. The average molecular weight is 387 g/mol. The maximum Gasteiger partial charge on any atom is 0.267 e. The third kappa shape index (κ3) is 3.07. The SMILES string of the molecule is Cc1nc(-c2cccc(NC(=O)c3sc4cc(F)ccc4c3Cl)c2)n[nH]1. The monoisotopic (exact) mass is 386 g/mol. The quantitative estimate of drug-likeness (QED) is 0.518. The summed E-state index contributed by atoms with van der Waals surface area (Å²) in [5.41, 5.74) is 1.37. The van der Waals surface area contributed by atoms with Crippen molar-refractivity contribution in [2.75, 3.05) is 5.32 Å². The Morgan fingerprint density at radius 1 is 1.27 bits per heavy atom. The normalized spacial score (nSPS) is 11.0. The van der Waals surface area contributed by atoms with Gasteiger partial charge in [0.1, 0.15) is 16.5 Å². The molecule has 2 aromatic heterocycles. The number of hydrogen-bond acceptors (Lipinski definition) is 4. The number of rotatable bonds is 3. The number of hydrogen-bond donors (Lipinski definition) is 2. The molecule has 8 heteroatoms. The molecule has 2 heterocycles. The minimum atomic E-state index is -0.364. The van der Waals surface area contributed by atoms with Gasteiger partial charge in [-0.2, -0.15) is 5.10 Å². The molecule has 0 saturated heterocycles. The molecule has 0 fully saturated rings. The van der Waals surface area contributed by atoms with E-state index in [-0.39, 0.29) is 11.7 Å². The number of thiophene rings is 1. The van der Waals surface area contributed by atoms with Crippen LogP contribution >= 0.6 is 22.9 Å². The highest BCUT2D eigenvalue weighted by Crippen LogP contribution is 2.36. The van der Waals surface area contributed by atoms with Crippen molar-refractivity contribution in [3.63, 3.8) is 0 Å². The first-order chi connectivity index (χ1) is 12.5. The lowest BCUT2D eigenvalue weighted by molar-refractivity contribution is 0.103. The van der Waals surface area contributed by atoms with Crippen molar-refractivity contribution < 1.29 is 9.18 Å². The molecule has 0 aliphatic rings. The Morgan fingerprint density at radius 2 is 2.12 bits per heavy atom. The molecule has 0 aliphatic carbocycles. The van der Waals surface area contributed by atoms with Crippen LogP contribution in [-0.4, -0.2) is 21.1 Å². The van der Waals surface area contributed by atoms with Crippen LogP contribution < -0.4 is 5.32 Å². The fourth-order valence-corrected chi connectivity index (χ4v) is 4.02. The summed E-state index contributed by atoms with van der Waals surface area (Å²) in [7, 11) is 0. The van der Waals surface area contributed by atoms with Crippen LogP contribution in [0.3, 0.4) is 0 Å². The fourth-order valence-electron chi connectivity index (χ4n) is 2.58. The molecule has 5 nitrogen and oxygen atoms in total. The summed E-state index contributed by atoms with van der Waals surface area (Å²) in [6, 6.07) is 11.5. The Morgan fingerprint density at radius 3 is 2.88 bits per heavy atom. The van der Waals surface area contributed by atoms with E-state index in [0.29, 0.717) is 37.3 Å². The molecule has 0 spiro atoms. The van der Waals surface area contributed by atoms with Gasteiger partial charge >= 0.3 is 0 Å². The summed E-state index contributed by atoms with van der Waals surface area (Å²) < 4.78 is 14.0. The number of aromatic amines is 1. The van der Waals surface area contributed by atoms with Gasteiger partial charge in [0.05, 0.1) is 5.02 Å². The van der Waals surface area contributed by atoms with Crippen LogP contribution in [0.5, 0.6) is 0 Å². The van der Waals surface area contributed by atoms with E-state index in [1.54, 1.807) is 24.3 Å². The molecule has 4 rings (SSSR count). The predicted molar refractivity (Wildman–Crippen MR) is 101 cm³/mol. The number of carbonyl (C=O) groups is 1. The number of fused-ring (bicyclic) bond motifs is 1. The smallest absolute Gasteiger partial charge is 0.267 e. The van der Waals surface area contributed by atoms with E-state index in [1.165, 1.54) is 12.1 Å². The number of nitrogens with zero attached hydrogens (tertiary/aromatic N) is 2. The van der Waals surface area contributed by atoms with Crippen molar-refractivity contribution in [3.8, 4) is 11.4 Å². The third-order valence-corrected chi connectivity index (χ3v) is 5.43. The van der Waals surface area contributed by atoms with Crippen molar-refractivity contribution in [1.29, 1.82) is 0 Å². The highest BCUT2D eigenvalue weighted by atomic mass is 35.5. The number of H-pyrrole nitrogens is 1. The van der Waals surface area contributed by atoms with Crippen molar-refractivity contribution >= 4 is 44.6 Å². The molecule has 2 N–H and O–H groups in total. The van der Waals surface area contributed by atoms with Gasteiger partial charge in [-0.3, -0.25) is 9.89 Å². The Labute approximate surface area is 156 Å². The first kappa shape index (κ1) is 16.7. The fraction of sp³-hybridized carbons (Fsp3) is 0.0556. The number of benzene rings is 2. The van der Waals surface area contributed by atoms with E-state index in [4.69, 9.17) is 11.6 Å². The molecule has 0 radical (unpaired) electrons. The molecule has 4 aromatic rings. The summed E-state index contributed by atoms with van der Waals surface area (Å²) in [5, 5.41) is 10.7. The Hall–Kier alpha value is -2.77. The van der Waals surface area contributed by atoms with Crippen LogP contribution in [0.2, 0.25) is 5.02 Å². The minimum Gasteiger partial charge on any atom is -0.321 e. The maximum absolute atomic E-state index is 13.4. The first-order valence-corrected chi connectivity index (χ1v) is 8.89. The van der Waals surface area contributed by atoms with Crippen LogP contribution in [0.15, 0.2) is 42.5 Å². The Bertz CT molecular complexity index is 1140. The third-order valence-electron chi connectivity index (χ3n) is 3.77. The van der Waals surface area contributed by atoms with Crippen molar-refractivity contribution in [1.82, 2.24) is 15.2 Å². The van der Waals surface area contributed by atoms with Crippen LogP contribution in [0.25, 0.3) is 21.5 Å². The standard InChI is InChI=1S/C18H12ClFN4OS/c1-9-21-17(24-23-9)10-3-2-4-12(7-10)22-18(25)16-15(19)13-6-5-11(20)8-14(13)26-16/h2-8H,1H3,(H,22,25)(H,21,23,24). The van der Waals surface area contributed by atoms with Crippen LogP contribution in [0.1, 0.15) is 15.5 Å². The first-order valence-electron chi connectivity index (χ1n) is 7.69. The molecule has 0 bridgehead atoms. The van der Waals surface area contributed by atoms with E-state index in [1.807, 2.05) is 13.0 Å². The zero-order valence-corrected chi connectivity index (χ0v) is 15.1. The van der Waals surface area contributed by atoms with Crippen molar-refractivity contribution in [2.24, 2.45) is 0 Å². The number of aromatic nitrogens is 3. The molecule has 2 aromatic carbocycles. The zero-order chi connectivity index (χ0) is 18.3. The van der Waals surface area contributed by atoms with Gasteiger partial charge < -0.3 is 5.32 Å². The molecule has 1 amide bonds. The molecule has 130 valence electrons. The van der Waals surface area contributed by atoms with E-state index < -0.39 is 0 Å². The molecule has 0 saturated carbocycles. The van der Waals surface area contributed by atoms with Crippen LogP contribution in [-0.2, 0) is 0 Å². The molecule has 0 atom stereocenters. The minimum absolute atomic E-state index is 0.322. The molecular formula is C18H12ClFN4OS. The molecule has 26 heavy (non-hydrogen) atoms. The second-order valence-electron chi connectivity index (χ2n) is 5.67. The summed E-state index contributed by atoms with van der Waals surface area (Å²) in [6.07, 6.45) is 0. The topological polar surface area (TPSA) is 70.7 Å². The number of halogens is 2. The van der Waals surface area contributed by atoms with Gasteiger partial charge in [0.15, 0.2) is 5.82 Å². The summed E-state index contributed by atoms with van der Waals surface area (Å²) in [6.45, 7) is 1.81.